The maximum Gasteiger partial charge on any atom is 0.174 e. The molecule has 0 amide bonds. The molecular formula is C13H26N+. The second-order valence-electron chi connectivity index (χ2n) is 3.97. The van der Waals surface area contributed by atoms with Crippen LogP contribution in [0.4, 0.5) is 0 Å². The van der Waals surface area contributed by atoms with Gasteiger partial charge in [0.1, 0.15) is 7.05 Å². The van der Waals surface area contributed by atoms with Gasteiger partial charge in [0.2, 0.25) is 0 Å². The van der Waals surface area contributed by atoms with Crippen LogP contribution >= 0.6 is 0 Å². The molecule has 0 aromatic carbocycles. The summed E-state index contributed by atoms with van der Waals surface area (Å²) in [6.07, 6.45) is 9.93. The maximum atomic E-state index is 3.29. The van der Waals surface area contributed by atoms with E-state index in [4.69, 9.17) is 0 Å². The van der Waals surface area contributed by atoms with Crippen LogP contribution in [0.25, 0.3) is 0 Å². The molecule has 0 saturated carbocycles. The van der Waals surface area contributed by atoms with Crippen molar-refractivity contribution in [2.75, 3.05) is 7.05 Å². The van der Waals surface area contributed by atoms with Gasteiger partial charge in [-0.05, 0) is 19.8 Å². The molecule has 0 aliphatic rings. The third kappa shape index (κ3) is 6.88. The van der Waals surface area contributed by atoms with E-state index in [1.54, 1.807) is 0 Å². The Hall–Kier alpha value is -0.590. The highest BCUT2D eigenvalue weighted by molar-refractivity contribution is 5.90. The van der Waals surface area contributed by atoms with Crippen molar-refractivity contribution < 1.29 is 4.99 Å². The summed E-state index contributed by atoms with van der Waals surface area (Å²) in [5, 5.41) is 0. The SMILES string of the molecule is CCCCCC(/C=C(/C)CCC)=[NH+]C. The zero-order chi connectivity index (χ0) is 10.8. The Morgan fingerprint density at radius 2 is 1.79 bits per heavy atom. The Bertz CT molecular complexity index is 189. The van der Waals surface area contributed by atoms with Crippen molar-refractivity contribution in [1.82, 2.24) is 0 Å². The molecule has 0 heterocycles. The zero-order valence-electron chi connectivity index (χ0n) is 10.3. The van der Waals surface area contributed by atoms with E-state index < -0.39 is 0 Å². The van der Waals surface area contributed by atoms with E-state index in [1.807, 2.05) is 7.05 Å². The Morgan fingerprint density at radius 3 is 2.29 bits per heavy atom. The lowest BCUT2D eigenvalue weighted by atomic mass is 10.1. The third-order valence-corrected chi connectivity index (χ3v) is 2.44. The molecule has 0 unspecified atom stereocenters. The van der Waals surface area contributed by atoms with Crippen LogP contribution in [0.5, 0.6) is 0 Å². The molecule has 82 valence electrons. The van der Waals surface area contributed by atoms with Crippen LogP contribution in [0.2, 0.25) is 0 Å². The van der Waals surface area contributed by atoms with Gasteiger partial charge in [-0.3, -0.25) is 0 Å². The van der Waals surface area contributed by atoms with Gasteiger partial charge in [-0.25, -0.2) is 4.99 Å². The fraction of sp³-hybridized carbons (Fsp3) is 0.769. The normalized spacial score (nSPS) is 13.4. The van der Waals surface area contributed by atoms with Crippen LogP contribution in [0.3, 0.4) is 0 Å². The predicted octanol–water partition coefficient (Wildman–Crippen LogP) is 2.46. The van der Waals surface area contributed by atoms with Crippen molar-refractivity contribution in [3.8, 4) is 0 Å². The van der Waals surface area contributed by atoms with Crippen LogP contribution < -0.4 is 4.99 Å². The average molecular weight is 196 g/mol. The van der Waals surface area contributed by atoms with E-state index in [9.17, 15) is 0 Å². The molecule has 0 atom stereocenters. The van der Waals surface area contributed by atoms with Gasteiger partial charge in [-0.1, -0.05) is 38.7 Å². The smallest absolute Gasteiger partial charge is 0.174 e. The molecule has 1 nitrogen and oxygen atoms in total. The summed E-state index contributed by atoms with van der Waals surface area (Å²) in [7, 11) is 2.02. The Labute approximate surface area is 89.3 Å². The summed E-state index contributed by atoms with van der Waals surface area (Å²) in [5.74, 6) is 0. The molecule has 1 N–H and O–H groups in total. The monoisotopic (exact) mass is 196 g/mol. The Morgan fingerprint density at radius 1 is 1.07 bits per heavy atom. The lowest BCUT2D eigenvalue weighted by Crippen LogP contribution is -2.67. The number of hydrogen-bond acceptors (Lipinski definition) is 0. The number of allylic oxidation sites excluding steroid dienone is 2. The number of unbranched alkanes of at least 4 members (excludes halogenated alkanes) is 2. The molecule has 0 aromatic rings. The zero-order valence-corrected chi connectivity index (χ0v) is 10.3. The van der Waals surface area contributed by atoms with E-state index in [1.165, 1.54) is 49.8 Å². The van der Waals surface area contributed by atoms with Crippen molar-refractivity contribution in [1.29, 1.82) is 0 Å². The molecule has 0 aliphatic heterocycles. The second-order valence-corrected chi connectivity index (χ2v) is 3.97. The molecule has 1 heteroatoms. The highest BCUT2D eigenvalue weighted by atomic mass is 14.7. The van der Waals surface area contributed by atoms with E-state index >= 15 is 0 Å². The molecule has 0 rings (SSSR count). The molecule has 0 saturated heterocycles. The summed E-state index contributed by atoms with van der Waals surface area (Å²) in [6.45, 7) is 6.70. The molecule has 0 bridgehead atoms. The third-order valence-electron chi connectivity index (χ3n) is 2.44. The Kier molecular flexibility index (Phi) is 8.61. The minimum atomic E-state index is 1.20. The molecule has 0 fully saturated rings. The molecule has 0 spiro atoms. The summed E-state index contributed by atoms with van der Waals surface area (Å²) in [4.78, 5) is 3.29. The van der Waals surface area contributed by atoms with Gasteiger partial charge in [-0.2, -0.15) is 0 Å². The second kappa shape index (κ2) is 8.98. The number of rotatable bonds is 7. The topological polar surface area (TPSA) is 14.0 Å². The molecule has 0 aliphatic carbocycles. The van der Waals surface area contributed by atoms with Gasteiger partial charge in [0.05, 0.1) is 0 Å². The largest absolute Gasteiger partial charge is 0.248 e. The molecule has 14 heavy (non-hydrogen) atoms. The van der Waals surface area contributed by atoms with Crippen LogP contribution in [0.1, 0.15) is 59.3 Å². The van der Waals surface area contributed by atoms with Gasteiger partial charge in [-0.15, -0.1) is 0 Å². The summed E-state index contributed by atoms with van der Waals surface area (Å²) in [5.41, 5.74) is 2.89. The van der Waals surface area contributed by atoms with Gasteiger partial charge in [0.15, 0.2) is 5.71 Å². The first-order valence-corrected chi connectivity index (χ1v) is 5.95. The minimum absolute atomic E-state index is 1.20. The summed E-state index contributed by atoms with van der Waals surface area (Å²) in [6, 6.07) is 0. The van der Waals surface area contributed by atoms with E-state index in [0.29, 0.717) is 0 Å². The highest BCUT2D eigenvalue weighted by Gasteiger charge is 2.01. The lowest BCUT2D eigenvalue weighted by Gasteiger charge is -1.98. The average Bonchev–Trinajstić information content (AvgIpc) is 2.17. The first kappa shape index (κ1) is 13.4. The van der Waals surface area contributed by atoms with Gasteiger partial charge in [0.25, 0.3) is 0 Å². The fourth-order valence-corrected chi connectivity index (χ4v) is 1.60. The molecule has 0 radical (unpaired) electrons. The standard InChI is InChI=1S/C13H25N/c1-5-7-8-10-13(14-4)11-12(3)9-6-2/h11H,5-10H2,1-4H3/p+1/b12-11-,14-13?. The first-order valence-electron chi connectivity index (χ1n) is 5.95. The van der Waals surface area contributed by atoms with Gasteiger partial charge in [0, 0.05) is 12.5 Å². The van der Waals surface area contributed by atoms with Crippen LogP contribution in [0, 0.1) is 0 Å². The number of hydrogen-bond donors (Lipinski definition) is 1. The maximum absolute atomic E-state index is 3.29. The first-order chi connectivity index (χ1) is 6.74. The van der Waals surface area contributed by atoms with Crippen molar-refractivity contribution in [3.05, 3.63) is 11.6 Å². The van der Waals surface area contributed by atoms with Crippen molar-refractivity contribution >= 4 is 5.71 Å². The van der Waals surface area contributed by atoms with Gasteiger partial charge >= 0.3 is 0 Å². The quantitative estimate of drug-likeness (QED) is 0.475. The van der Waals surface area contributed by atoms with Crippen LogP contribution in [-0.2, 0) is 0 Å². The predicted molar refractivity (Wildman–Crippen MR) is 64.7 cm³/mol. The van der Waals surface area contributed by atoms with Crippen molar-refractivity contribution in [2.45, 2.75) is 59.3 Å². The van der Waals surface area contributed by atoms with E-state index in [0.717, 1.165) is 0 Å². The van der Waals surface area contributed by atoms with E-state index in [-0.39, 0.29) is 0 Å². The highest BCUT2D eigenvalue weighted by Crippen LogP contribution is 2.05. The Balaban J connectivity index is 3.96. The minimum Gasteiger partial charge on any atom is -0.248 e. The fourth-order valence-electron chi connectivity index (χ4n) is 1.60. The molecule has 0 aromatic heterocycles. The van der Waals surface area contributed by atoms with Crippen molar-refractivity contribution in [2.24, 2.45) is 0 Å². The van der Waals surface area contributed by atoms with Crippen molar-refractivity contribution in [3.63, 3.8) is 0 Å². The van der Waals surface area contributed by atoms with E-state index in [2.05, 4.69) is 31.8 Å². The lowest BCUT2D eigenvalue weighted by molar-refractivity contribution is -0.420. The summed E-state index contributed by atoms with van der Waals surface area (Å²) >= 11 is 0. The van der Waals surface area contributed by atoms with Gasteiger partial charge < -0.3 is 0 Å². The van der Waals surface area contributed by atoms with Crippen LogP contribution in [-0.4, -0.2) is 12.8 Å². The van der Waals surface area contributed by atoms with Crippen LogP contribution in [0.15, 0.2) is 11.6 Å². The summed E-state index contributed by atoms with van der Waals surface area (Å²) < 4.78 is 0. The number of nitrogens with one attached hydrogen (secondary N) is 1. The molecular weight excluding hydrogens is 170 g/mol.